The number of fused-ring (bicyclic) bond motifs is 1. The Hall–Kier alpha value is -0.600. The van der Waals surface area contributed by atoms with Crippen LogP contribution in [-0.4, -0.2) is 22.1 Å². The van der Waals surface area contributed by atoms with Gasteiger partial charge in [-0.05, 0) is 41.4 Å². The number of benzene rings is 1. The van der Waals surface area contributed by atoms with Gasteiger partial charge >= 0.3 is 0 Å². The molecule has 1 saturated carbocycles. The Bertz CT molecular complexity index is 648. The van der Waals surface area contributed by atoms with Crippen LogP contribution in [0.1, 0.15) is 18.9 Å². The third kappa shape index (κ3) is 2.73. The minimum absolute atomic E-state index is 0.135. The molecule has 1 aromatic rings. The molecule has 1 aromatic carbocycles. The first-order chi connectivity index (χ1) is 9.83. The quantitative estimate of drug-likeness (QED) is 0.407. The minimum Gasteiger partial charge on any atom is -0.454 e. The van der Waals surface area contributed by atoms with E-state index in [0.29, 0.717) is 11.5 Å². The van der Waals surface area contributed by atoms with Gasteiger partial charge in [0.05, 0.1) is 14.9 Å². The van der Waals surface area contributed by atoms with E-state index in [1.165, 1.54) is 0 Å². The summed E-state index contributed by atoms with van der Waals surface area (Å²) in [6, 6.07) is 3.62. The Balaban J connectivity index is 1.69. The molecule has 0 saturated heterocycles. The van der Waals surface area contributed by atoms with Crippen LogP contribution < -0.4 is 14.9 Å². The number of ether oxygens (including phenoxy) is 2. The number of nitrogens with zero attached hydrogens (tertiary/aromatic N) is 1. The normalized spacial score (nSPS) is 25.1. The molecule has 1 atom stereocenters. The van der Waals surface area contributed by atoms with Crippen LogP contribution in [0, 0.1) is 5.41 Å². The minimum atomic E-state index is -0.490. The standard InChI is InChI=1S/C13H11Br3N2O3/c1-12(5-13(12,15)16)11(19)18-17-4-7-2-9-10(3-8(7)14)21-6-20-9/h2-4H,5-6H2,1H3,(H,18,19)/b17-4-/t12-/m0/s1. The summed E-state index contributed by atoms with van der Waals surface area (Å²) in [7, 11) is 0. The number of hydrazone groups is 1. The lowest BCUT2D eigenvalue weighted by molar-refractivity contribution is -0.125. The molecule has 21 heavy (non-hydrogen) atoms. The van der Waals surface area contributed by atoms with E-state index < -0.39 is 5.41 Å². The van der Waals surface area contributed by atoms with Crippen LogP contribution in [-0.2, 0) is 4.79 Å². The second-order valence-corrected chi connectivity index (χ2v) is 9.77. The van der Waals surface area contributed by atoms with Gasteiger partial charge in [0.25, 0.3) is 0 Å². The third-order valence-electron chi connectivity index (χ3n) is 3.62. The molecule has 2 aliphatic rings. The van der Waals surface area contributed by atoms with Crippen LogP contribution in [0.2, 0.25) is 0 Å². The molecular formula is C13H11Br3N2O3. The van der Waals surface area contributed by atoms with Crippen molar-refractivity contribution in [2.75, 3.05) is 6.79 Å². The molecule has 112 valence electrons. The molecule has 1 aliphatic carbocycles. The summed E-state index contributed by atoms with van der Waals surface area (Å²) in [6.07, 6.45) is 2.29. The van der Waals surface area contributed by atoms with Gasteiger partial charge in [0, 0.05) is 10.0 Å². The van der Waals surface area contributed by atoms with Gasteiger partial charge < -0.3 is 9.47 Å². The van der Waals surface area contributed by atoms with E-state index in [9.17, 15) is 4.79 Å². The largest absolute Gasteiger partial charge is 0.454 e. The average molecular weight is 483 g/mol. The van der Waals surface area contributed by atoms with E-state index in [4.69, 9.17) is 9.47 Å². The van der Waals surface area contributed by atoms with Gasteiger partial charge in [-0.1, -0.05) is 31.9 Å². The highest BCUT2D eigenvalue weighted by atomic mass is 79.9. The highest BCUT2D eigenvalue weighted by molar-refractivity contribution is 9.25. The van der Waals surface area contributed by atoms with Gasteiger partial charge in [0.1, 0.15) is 0 Å². The zero-order valence-electron chi connectivity index (χ0n) is 11.0. The summed E-state index contributed by atoms with van der Waals surface area (Å²) in [5.74, 6) is 1.22. The molecule has 1 fully saturated rings. The summed E-state index contributed by atoms with van der Waals surface area (Å²) in [5.41, 5.74) is 2.87. The fourth-order valence-corrected chi connectivity index (χ4v) is 3.87. The number of nitrogens with one attached hydrogen (secondary N) is 1. The van der Waals surface area contributed by atoms with E-state index >= 15 is 0 Å². The maximum atomic E-state index is 12.1. The number of rotatable bonds is 3. The summed E-state index contributed by atoms with van der Waals surface area (Å²) in [4.78, 5) is 12.1. The summed E-state index contributed by atoms with van der Waals surface area (Å²) >= 11 is 10.3. The van der Waals surface area contributed by atoms with Crippen LogP contribution in [0.15, 0.2) is 21.7 Å². The average Bonchev–Trinajstić information content (AvgIpc) is 2.73. The Morgan fingerprint density at radius 3 is 2.62 bits per heavy atom. The highest BCUT2D eigenvalue weighted by Crippen LogP contribution is 2.66. The third-order valence-corrected chi connectivity index (χ3v) is 6.62. The van der Waals surface area contributed by atoms with Crippen LogP contribution >= 0.6 is 47.8 Å². The first-order valence-corrected chi connectivity index (χ1v) is 8.52. The smallest absolute Gasteiger partial charge is 0.248 e. The maximum absolute atomic E-state index is 12.1. The van der Waals surface area contributed by atoms with Crippen LogP contribution in [0.25, 0.3) is 0 Å². The molecule has 0 radical (unpaired) electrons. The first kappa shape index (κ1) is 15.3. The second kappa shape index (κ2) is 5.24. The van der Waals surface area contributed by atoms with Gasteiger partial charge in [0.2, 0.25) is 12.7 Å². The number of carbonyl (C=O) groups excluding carboxylic acids is 1. The molecule has 1 heterocycles. The van der Waals surface area contributed by atoms with Crippen molar-refractivity contribution in [3.8, 4) is 11.5 Å². The van der Waals surface area contributed by atoms with Crippen molar-refractivity contribution in [1.82, 2.24) is 5.43 Å². The molecule has 5 nitrogen and oxygen atoms in total. The van der Waals surface area contributed by atoms with Gasteiger partial charge in [-0.2, -0.15) is 5.10 Å². The number of amides is 1. The summed E-state index contributed by atoms with van der Waals surface area (Å²) < 4.78 is 11.1. The SMILES string of the molecule is C[C@@]1(C(=O)N/N=C\c2cc3c(cc2Br)OCO3)CC1(Br)Br. The topological polar surface area (TPSA) is 59.9 Å². The van der Waals surface area contributed by atoms with Crippen molar-refractivity contribution in [2.24, 2.45) is 10.5 Å². The zero-order chi connectivity index (χ0) is 15.3. The Kier molecular flexibility index (Phi) is 3.82. The zero-order valence-corrected chi connectivity index (χ0v) is 15.7. The molecule has 1 amide bonds. The van der Waals surface area contributed by atoms with Gasteiger partial charge in [0.15, 0.2) is 11.5 Å². The van der Waals surface area contributed by atoms with Crippen molar-refractivity contribution < 1.29 is 14.3 Å². The van der Waals surface area contributed by atoms with E-state index in [2.05, 4.69) is 58.3 Å². The van der Waals surface area contributed by atoms with Crippen LogP contribution in [0.5, 0.6) is 11.5 Å². The van der Waals surface area contributed by atoms with Gasteiger partial charge in [-0.15, -0.1) is 0 Å². The van der Waals surface area contributed by atoms with Crippen LogP contribution in [0.3, 0.4) is 0 Å². The Labute approximate surface area is 146 Å². The molecule has 8 heteroatoms. The van der Waals surface area contributed by atoms with Gasteiger partial charge in [-0.25, -0.2) is 5.43 Å². The number of hydrogen-bond acceptors (Lipinski definition) is 4. The Morgan fingerprint density at radius 2 is 2.00 bits per heavy atom. The number of halogens is 3. The molecule has 0 bridgehead atoms. The first-order valence-electron chi connectivity index (χ1n) is 6.14. The summed E-state index contributed by atoms with van der Waals surface area (Å²) in [6.45, 7) is 2.09. The van der Waals surface area contributed by atoms with Crippen molar-refractivity contribution in [2.45, 2.75) is 16.6 Å². The maximum Gasteiger partial charge on any atom is 0.248 e. The summed E-state index contributed by atoms with van der Waals surface area (Å²) in [5, 5.41) is 4.01. The predicted molar refractivity (Wildman–Crippen MR) is 89.3 cm³/mol. The lowest BCUT2D eigenvalue weighted by atomic mass is 10.1. The molecular weight excluding hydrogens is 472 g/mol. The molecule has 3 rings (SSSR count). The van der Waals surface area contributed by atoms with Crippen molar-refractivity contribution >= 4 is 59.9 Å². The van der Waals surface area contributed by atoms with E-state index in [1.807, 2.05) is 13.0 Å². The number of alkyl halides is 2. The lowest BCUT2D eigenvalue weighted by Crippen LogP contribution is -2.29. The van der Waals surface area contributed by atoms with E-state index in [0.717, 1.165) is 16.5 Å². The molecule has 0 spiro atoms. The molecule has 0 aromatic heterocycles. The van der Waals surface area contributed by atoms with E-state index in [1.54, 1.807) is 12.3 Å². The van der Waals surface area contributed by atoms with Crippen molar-refractivity contribution in [3.05, 3.63) is 22.2 Å². The Morgan fingerprint density at radius 1 is 1.38 bits per heavy atom. The van der Waals surface area contributed by atoms with Gasteiger partial charge in [-0.3, -0.25) is 4.79 Å². The fraction of sp³-hybridized carbons (Fsp3) is 0.385. The van der Waals surface area contributed by atoms with E-state index in [-0.39, 0.29) is 15.9 Å². The fourth-order valence-electron chi connectivity index (χ4n) is 1.96. The molecule has 0 unspecified atom stereocenters. The predicted octanol–water partition coefficient (Wildman–Crippen LogP) is 3.52. The highest BCUT2D eigenvalue weighted by Gasteiger charge is 2.66. The van der Waals surface area contributed by atoms with Crippen molar-refractivity contribution in [3.63, 3.8) is 0 Å². The molecule has 1 N–H and O–H groups in total. The van der Waals surface area contributed by atoms with Crippen LogP contribution in [0.4, 0.5) is 0 Å². The lowest BCUT2D eigenvalue weighted by Gasteiger charge is -2.09. The molecule has 1 aliphatic heterocycles. The number of carbonyl (C=O) groups is 1. The van der Waals surface area contributed by atoms with Crippen molar-refractivity contribution in [1.29, 1.82) is 0 Å². The second-order valence-electron chi connectivity index (χ2n) is 5.14. The monoisotopic (exact) mass is 480 g/mol. The number of hydrogen-bond donors (Lipinski definition) is 1.